The number of alkyl halides is 6. The maximum absolute atomic E-state index is 13.4. The molecule has 3 heterocycles. The lowest BCUT2D eigenvalue weighted by atomic mass is 9.86. The lowest BCUT2D eigenvalue weighted by Crippen LogP contribution is -2.11. The fourth-order valence-electron chi connectivity index (χ4n) is 4.15. The second kappa shape index (κ2) is 6.19. The van der Waals surface area contributed by atoms with Crippen molar-refractivity contribution in [2.24, 2.45) is 0 Å². The average Bonchev–Trinajstić information content (AvgIpc) is 3.33. The van der Waals surface area contributed by atoms with E-state index < -0.39 is 23.9 Å². The molecule has 0 radical (unpaired) electrons. The molecule has 30 heavy (non-hydrogen) atoms. The van der Waals surface area contributed by atoms with E-state index >= 15 is 0 Å². The molecule has 3 aromatic heterocycles. The van der Waals surface area contributed by atoms with Gasteiger partial charge in [-0.15, -0.1) is 0 Å². The second-order valence-electron chi connectivity index (χ2n) is 7.22. The van der Waals surface area contributed by atoms with Crippen LogP contribution in [-0.2, 0) is 25.2 Å². The minimum atomic E-state index is -4.69. The van der Waals surface area contributed by atoms with Crippen molar-refractivity contribution in [3.63, 3.8) is 0 Å². The molecule has 11 heteroatoms. The molecule has 0 aliphatic heterocycles. The molecule has 0 bridgehead atoms. The van der Waals surface area contributed by atoms with E-state index in [1.165, 1.54) is 12.1 Å². The van der Waals surface area contributed by atoms with Gasteiger partial charge in [-0.2, -0.15) is 31.4 Å². The van der Waals surface area contributed by atoms with E-state index in [0.29, 0.717) is 34.9 Å². The first-order valence-electron chi connectivity index (χ1n) is 9.17. The van der Waals surface area contributed by atoms with Crippen LogP contribution in [0, 0.1) is 0 Å². The van der Waals surface area contributed by atoms with Gasteiger partial charge in [-0.25, -0.2) is 9.97 Å². The highest BCUT2D eigenvalue weighted by Gasteiger charge is 2.38. The molecule has 0 spiro atoms. The fourth-order valence-corrected chi connectivity index (χ4v) is 4.15. The van der Waals surface area contributed by atoms with Gasteiger partial charge < -0.3 is 4.98 Å². The van der Waals surface area contributed by atoms with Gasteiger partial charge in [0.25, 0.3) is 0 Å². The monoisotopic (exact) mass is 425 g/mol. The molecule has 2 N–H and O–H groups in total. The van der Waals surface area contributed by atoms with Crippen molar-refractivity contribution in [1.82, 2.24) is 25.1 Å². The van der Waals surface area contributed by atoms with Crippen LogP contribution >= 0.6 is 0 Å². The molecule has 5 rings (SSSR count). The zero-order valence-corrected chi connectivity index (χ0v) is 15.2. The van der Waals surface area contributed by atoms with Crippen LogP contribution in [0.1, 0.15) is 35.5 Å². The van der Waals surface area contributed by atoms with Gasteiger partial charge in [0.2, 0.25) is 5.82 Å². The van der Waals surface area contributed by atoms with Crippen LogP contribution in [0.4, 0.5) is 26.3 Å². The first kappa shape index (κ1) is 18.9. The van der Waals surface area contributed by atoms with E-state index in [1.807, 2.05) is 5.10 Å². The van der Waals surface area contributed by atoms with Crippen molar-refractivity contribution < 1.29 is 26.3 Å². The number of benzene rings is 1. The maximum atomic E-state index is 13.4. The van der Waals surface area contributed by atoms with Gasteiger partial charge in [-0.3, -0.25) is 5.10 Å². The molecule has 0 amide bonds. The quantitative estimate of drug-likeness (QED) is 0.400. The summed E-state index contributed by atoms with van der Waals surface area (Å²) in [5, 5.41) is 6.05. The number of halogens is 6. The van der Waals surface area contributed by atoms with Crippen LogP contribution in [0.5, 0.6) is 0 Å². The van der Waals surface area contributed by atoms with E-state index in [-0.39, 0.29) is 22.3 Å². The Balaban J connectivity index is 1.84. The molecule has 0 unspecified atom stereocenters. The number of aryl methyl sites for hydroxylation is 1. The molecule has 1 aromatic carbocycles. The van der Waals surface area contributed by atoms with Crippen molar-refractivity contribution in [3.8, 4) is 11.3 Å². The number of H-pyrrole nitrogens is 2. The van der Waals surface area contributed by atoms with E-state index in [2.05, 4.69) is 20.1 Å². The number of rotatable bonds is 1. The Bertz CT molecular complexity index is 1280. The Morgan fingerprint density at radius 1 is 0.867 bits per heavy atom. The van der Waals surface area contributed by atoms with Gasteiger partial charge in [0.1, 0.15) is 11.2 Å². The smallest absolute Gasteiger partial charge is 0.354 e. The number of aromatic nitrogens is 5. The van der Waals surface area contributed by atoms with Gasteiger partial charge in [0.05, 0.1) is 17.4 Å². The minimum Gasteiger partial charge on any atom is -0.354 e. The van der Waals surface area contributed by atoms with Gasteiger partial charge >= 0.3 is 12.4 Å². The summed E-state index contributed by atoms with van der Waals surface area (Å²) in [6, 6.07) is 2.91. The van der Waals surface area contributed by atoms with Crippen molar-refractivity contribution in [1.29, 1.82) is 0 Å². The van der Waals surface area contributed by atoms with E-state index in [0.717, 1.165) is 19.0 Å². The van der Waals surface area contributed by atoms with Crippen molar-refractivity contribution >= 4 is 21.9 Å². The summed E-state index contributed by atoms with van der Waals surface area (Å²) in [5.74, 6) is -1.23. The average molecular weight is 425 g/mol. The number of aromatic amines is 2. The lowest BCUT2D eigenvalue weighted by Gasteiger charge is -2.22. The van der Waals surface area contributed by atoms with Crippen LogP contribution in [0.15, 0.2) is 18.3 Å². The first-order chi connectivity index (χ1) is 14.1. The van der Waals surface area contributed by atoms with Gasteiger partial charge in [-0.05, 0) is 48.9 Å². The highest BCUT2D eigenvalue weighted by Crippen LogP contribution is 2.42. The van der Waals surface area contributed by atoms with Gasteiger partial charge in [0, 0.05) is 16.5 Å². The second-order valence-corrected chi connectivity index (χ2v) is 7.22. The summed E-state index contributed by atoms with van der Waals surface area (Å²) in [6.45, 7) is 0. The SMILES string of the molecule is FC(F)(F)c1nc2ccc3[nH]c(-c4cn[nH]c4C(F)(F)F)c4c(c3c2n1)CCCC4. The Hall–Kier alpha value is -3.11. The third-order valence-corrected chi connectivity index (χ3v) is 5.38. The molecule has 1 aliphatic rings. The number of pyridine rings is 1. The van der Waals surface area contributed by atoms with Crippen molar-refractivity contribution in [2.75, 3.05) is 0 Å². The predicted molar refractivity (Wildman–Crippen MR) is 95.6 cm³/mol. The third-order valence-electron chi connectivity index (χ3n) is 5.38. The molecule has 1 aliphatic carbocycles. The normalized spacial score (nSPS) is 15.1. The molecule has 0 fully saturated rings. The lowest BCUT2D eigenvalue weighted by molar-refractivity contribution is -0.144. The number of hydrogen-bond acceptors (Lipinski definition) is 3. The Labute approximate surface area is 164 Å². The Morgan fingerprint density at radius 2 is 1.60 bits per heavy atom. The van der Waals surface area contributed by atoms with E-state index in [4.69, 9.17) is 0 Å². The van der Waals surface area contributed by atoms with Crippen LogP contribution in [0.2, 0.25) is 0 Å². The molecular formula is C19H13F6N5. The minimum absolute atomic E-state index is 0.100. The zero-order valence-electron chi connectivity index (χ0n) is 15.2. The summed E-state index contributed by atoms with van der Waals surface area (Å²) in [4.78, 5) is 10.3. The highest BCUT2D eigenvalue weighted by atomic mass is 19.4. The topological polar surface area (TPSA) is 70.2 Å². The molecular weight excluding hydrogens is 412 g/mol. The van der Waals surface area contributed by atoms with Crippen LogP contribution < -0.4 is 0 Å². The van der Waals surface area contributed by atoms with Crippen LogP contribution in [0.25, 0.3) is 33.2 Å². The fraction of sp³-hybridized carbons (Fsp3) is 0.316. The third kappa shape index (κ3) is 2.83. The molecule has 0 saturated carbocycles. The predicted octanol–water partition coefficient (Wildman–Crippen LogP) is 5.42. The maximum Gasteiger partial charge on any atom is 0.451 e. The van der Waals surface area contributed by atoms with Crippen LogP contribution in [-0.4, -0.2) is 25.1 Å². The zero-order chi connectivity index (χ0) is 21.3. The summed E-state index contributed by atoms with van der Waals surface area (Å²) in [7, 11) is 0. The van der Waals surface area contributed by atoms with Crippen molar-refractivity contribution in [3.05, 3.63) is 41.0 Å². The van der Waals surface area contributed by atoms with Gasteiger partial charge in [-0.1, -0.05) is 0 Å². The number of hydrogen-bond donors (Lipinski definition) is 2. The summed E-state index contributed by atoms with van der Waals surface area (Å²) >= 11 is 0. The van der Waals surface area contributed by atoms with Crippen LogP contribution in [0.3, 0.4) is 0 Å². The largest absolute Gasteiger partial charge is 0.451 e. The summed E-state index contributed by atoms with van der Waals surface area (Å²) < 4.78 is 79.6. The number of fused-ring (bicyclic) bond motifs is 5. The molecule has 0 saturated heterocycles. The number of nitrogens with one attached hydrogen (secondary N) is 2. The summed E-state index contributed by atoms with van der Waals surface area (Å²) in [5.41, 5.74) is 1.14. The summed E-state index contributed by atoms with van der Waals surface area (Å²) in [6.07, 6.45) is -5.64. The standard InChI is InChI=1S/C19H13F6N5/c20-18(21,22)16-10(7-26-30-16)14-9-4-2-1-3-8(9)13-11(27-14)5-6-12-15(13)29-17(28-12)19(23,24)25/h5-7,27H,1-4H2,(H,26,30). The van der Waals surface area contributed by atoms with Gasteiger partial charge in [0.15, 0.2) is 0 Å². The Kier molecular flexibility index (Phi) is 3.90. The first-order valence-corrected chi connectivity index (χ1v) is 9.17. The molecule has 0 atom stereocenters. The molecule has 4 aromatic rings. The van der Waals surface area contributed by atoms with E-state index in [1.54, 1.807) is 0 Å². The highest BCUT2D eigenvalue weighted by molar-refractivity contribution is 6.06. The Morgan fingerprint density at radius 3 is 2.30 bits per heavy atom. The number of nitrogens with zero attached hydrogens (tertiary/aromatic N) is 3. The van der Waals surface area contributed by atoms with Crippen molar-refractivity contribution in [2.45, 2.75) is 38.0 Å². The molecule has 156 valence electrons. The molecule has 5 nitrogen and oxygen atoms in total. The number of imidazole rings is 1. The van der Waals surface area contributed by atoms with E-state index in [9.17, 15) is 26.3 Å².